The first-order chi connectivity index (χ1) is 8.31. The molecule has 7 heteroatoms. The van der Waals surface area contributed by atoms with Crippen LogP contribution in [-0.2, 0) is 4.79 Å². The van der Waals surface area contributed by atoms with Crippen LogP contribution in [0.2, 0.25) is 0 Å². The summed E-state index contributed by atoms with van der Waals surface area (Å²) in [6, 6.07) is 1.67. The third-order valence-corrected chi connectivity index (χ3v) is 2.71. The van der Waals surface area contributed by atoms with E-state index in [4.69, 9.17) is 0 Å². The molecule has 1 amide bonds. The first-order valence-corrected chi connectivity index (χ1v) is 6.07. The van der Waals surface area contributed by atoms with Crippen molar-refractivity contribution < 1.29 is 4.79 Å². The van der Waals surface area contributed by atoms with Gasteiger partial charge in [-0.05, 0) is 24.4 Å². The fourth-order valence-corrected chi connectivity index (χ4v) is 1.94. The van der Waals surface area contributed by atoms with Crippen LogP contribution >= 0.6 is 11.9 Å². The SMILES string of the molecule is CCC1=NSCN=C1C(=O)Nc1ccnnc1. The van der Waals surface area contributed by atoms with Gasteiger partial charge in [0.1, 0.15) is 11.6 Å². The van der Waals surface area contributed by atoms with Gasteiger partial charge in [-0.15, -0.1) is 0 Å². The molecule has 1 aromatic rings. The van der Waals surface area contributed by atoms with E-state index in [9.17, 15) is 4.79 Å². The zero-order valence-corrected chi connectivity index (χ0v) is 10.1. The standard InChI is InChI=1S/C10H11N5OS/c1-2-8-9(11-6-17-15-8)10(16)14-7-3-4-12-13-5-7/h3-5H,2,6H2,1H3,(H,12,14,16). The van der Waals surface area contributed by atoms with Gasteiger partial charge in [0, 0.05) is 0 Å². The van der Waals surface area contributed by atoms with Crippen molar-refractivity contribution in [3.8, 4) is 0 Å². The minimum atomic E-state index is -0.251. The van der Waals surface area contributed by atoms with Gasteiger partial charge in [-0.2, -0.15) is 10.2 Å². The quantitative estimate of drug-likeness (QED) is 0.819. The Bertz CT molecular complexity index is 471. The highest BCUT2D eigenvalue weighted by Crippen LogP contribution is 2.13. The fraction of sp³-hybridized carbons (Fsp3) is 0.300. The van der Waals surface area contributed by atoms with E-state index in [-0.39, 0.29) is 5.91 Å². The highest BCUT2D eigenvalue weighted by Gasteiger charge is 2.19. The first kappa shape index (κ1) is 11.7. The first-order valence-electron chi connectivity index (χ1n) is 5.13. The Kier molecular flexibility index (Phi) is 3.81. The lowest BCUT2D eigenvalue weighted by atomic mass is 10.1. The smallest absolute Gasteiger partial charge is 0.275 e. The van der Waals surface area contributed by atoms with E-state index < -0.39 is 0 Å². The van der Waals surface area contributed by atoms with Crippen LogP contribution in [0.15, 0.2) is 27.9 Å². The molecule has 2 rings (SSSR count). The Morgan fingerprint density at radius 3 is 3.12 bits per heavy atom. The van der Waals surface area contributed by atoms with Crippen LogP contribution < -0.4 is 5.32 Å². The number of aliphatic imine (C=N–C) groups is 1. The molecule has 88 valence electrons. The van der Waals surface area contributed by atoms with Gasteiger partial charge in [0.2, 0.25) is 0 Å². The summed E-state index contributed by atoms with van der Waals surface area (Å²) in [6.07, 6.45) is 3.69. The van der Waals surface area contributed by atoms with Crippen LogP contribution in [-0.4, -0.2) is 33.4 Å². The number of anilines is 1. The molecule has 0 fully saturated rings. The van der Waals surface area contributed by atoms with Crippen LogP contribution in [0.25, 0.3) is 0 Å². The lowest BCUT2D eigenvalue weighted by molar-refractivity contribution is -0.110. The fourth-order valence-electron chi connectivity index (χ4n) is 1.32. The topological polar surface area (TPSA) is 79.6 Å². The Morgan fingerprint density at radius 1 is 1.53 bits per heavy atom. The number of nitrogens with one attached hydrogen (secondary N) is 1. The Hall–Kier alpha value is -1.76. The van der Waals surface area contributed by atoms with Gasteiger partial charge in [0.25, 0.3) is 5.91 Å². The van der Waals surface area contributed by atoms with Crippen molar-refractivity contribution >= 4 is 35.0 Å². The number of aromatic nitrogens is 2. The molecule has 0 saturated heterocycles. The van der Waals surface area contributed by atoms with Gasteiger partial charge in [-0.3, -0.25) is 9.79 Å². The van der Waals surface area contributed by atoms with Gasteiger partial charge in [0.15, 0.2) is 0 Å². The van der Waals surface area contributed by atoms with E-state index in [1.807, 2.05) is 6.92 Å². The summed E-state index contributed by atoms with van der Waals surface area (Å²) >= 11 is 1.35. The molecular weight excluding hydrogens is 238 g/mol. The third-order valence-electron chi connectivity index (χ3n) is 2.12. The maximum absolute atomic E-state index is 12.0. The predicted molar refractivity (Wildman–Crippen MR) is 68.3 cm³/mol. The molecular formula is C10H11N5OS. The highest BCUT2D eigenvalue weighted by molar-refractivity contribution is 7.98. The number of carbonyl (C=O) groups is 1. The lowest BCUT2D eigenvalue weighted by Gasteiger charge is -2.11. The van der Waals surface area contributed by atoms with Gasteiger partial charge < -0.3 is 5.32 Å². The molecule has 0 atom stereocenters. The van der Waals surface area contributed by atoms with Crippen LogP contribution in [0.3, 0.4) is 0 Å². The molecule has 0 aromatic carbocycles. The number of nitrogens with zero attached hydrogens (tertiary/aromatic N) is 4. The van der Waals surface area contributed by atoms with Crippen molar-refractivity contribution in [3.63, 3.8) is 0 Å². The molecule has 0 spiro atoms. The molecule has 1 N–H and O–H groups in total. The zero-order valence-electron chi connectivity index (χ0n) is 9.25. The van der Waals surface area contributed by atoms with Crippen molar-refractivity contribution in [2.45, 2.75) is 13.3 Å². The molecule has 6 nitrogen and oxygen atoms in total. The normalized spacial score (nSPS) is 14.9. The number of rotatable bonds is 3. The van der Waals surface area contributed by atoms with Crippen LogP contribution in [0.1, 0.15) is 13.3 Å². The Balaban J connectivity index is 2.10. The summed E-state index contributed by atoms with van der Waals surface area (Å²) in [4.78, 5) is 16.1. The van der Waals surface area contributed by atoms with Crippen LogP contribution in [0.5, 0.6) is 0 Å². The molecule has 17 heavy (non-hydrogen) atoms. The molecule has 0 unspecified atom stereocenters. The van der Waals surface area contributed by atoms with Crippen molar-refractivity contribution in [2.75, 3.05) is 11.2 Å². The lowest BCUT2D eigenvalue weighted by Crippen LogP contribution is -2.31. The minimum absolute atomic E-state index is 0.251. The zero-order chi connectivity index (χ0) is 12.1. The summed E-state index contributed by atoms with van der Waals surface area (Å²) in [5, 5.41) is 10.0. The second-order valence-corrected chi connectivity index (χ2v) is 3.94. The average Bonchev–Trinajstić information content (AvgIpc) is 2.40. The molecule has 0 aliphatic carbocycles. The molecule has 0 radical (unpaired) electrons. The van der Waals surface area contributed by atoms with Crippen molar-refractivity contribution in [1.29, 1.82) is 0 Å². The predicted octanol–water partition coefficient (Wildman–Crippen LogP) is 1.33. The van der Waals surface area contributed by atoms with Gasteiger partial charge in [0.05, 0.1) is 23.8 Å². The summed E-state index contributed by atoms with van der Waals surface area (Å²) in [5.41, 5.74) is 1.73. The second-order valence-electron chi connectivity index (χ2n) is 3.24. The summed E-state index contributed by atoms with van der Waals surface area (Å²) in [5.74, 6) is 0.236. The number of hydrogen-bond acceptors (Lipinski definition) is 6. The van der Waals surface area contributed by atoms with E-state index in [2.05, 4.69) is 24.9 Å². The van der Waals surface area contributed by atoms with Crippen LogP contribution in [0.4, 0.5) is 5.69 Å². The summed E-state index contributed by atoms with van der Waals surface area (Å²) in [7, 11) is 0. The molecule has 1 aliphatic rings. The Morgan fingerprint density at radius 2 is 2.41 bits per heavy atom. The number of hydrogen-bond donors (Lipinski definition) is 1. The van der Waals surface area contributed by atoms with E-state index in [1.54, 1.807) is 6.07 Å². The number of amides is 1. The average molecular weight is 249 g/mol. The van der Waals surface area contributed by atoms with E-state index in [0.717, 1.165) is 5.71 Å². The van der Waals surface area contributed by atoms with Crippen molar-refractivity contribution in [3.05, 3.63) is 18.5 Å². The third kappa shape index (κ3) is 2.88. The van der Waals surface area contributed by atoms with Gasteiger partial charge in [-0.1, -0.05) is 6.92 Å². The van der Waals surface area contributed by atoms with Gasteiger partial charge in [-0.25, -0.2) is 4.40 Å². The van der Waals surface area contributed by atoms with Crippen LogP contribution in [0, 0.1) is 0 Å². The van der Waals surface area contributed by atoms with E-state index in [1.165, 1.54) is 24.3 Å². The Labute approximate surface area is 103 Å². The molecule has 1 aromatic heterocycles. The minimum Gasteiger partial charge on any atom is -0.319 e. The van der Waals surface area contributed by atoms with Gasteiger partial charge >= 0.3 is 0 Å². The van der Waals surface area contributed by atoms with E-state index in [0.29, 0.717) is 23.7 Å². The molecule has 0 bridgehead atoms. The molecule has 2 heterocycles. The van der Waals surface area contributed by atoms with Crippen molar-refractivity contribution in [1.82, 2.24) is 10.2 Å². The number of carbonyl (C=O) groups excluding carboxylic acids is 1. The molecule has 0 saturated carbocycles. The maximum Gasteiger partial charge on any atom is 0.275 e. The largest absolute Gasteiger partial charge is 0.319 e. The summed E-state index contributed by atoms with van der Waals surface area (Å²) in [6.45, 7) is 1.95. The monoisotopic (exact) mass is 249 g/mol. The highest BCUT2D eigenvalue weighted by atomic mass is 32.2. The summed E-state index contributed by atoms with van der Waals surface area (Å²) < 4.78 is 4.21. The molecule has 1 aliphatic heterocycles. The van der Waals surface area contributed by atoms with Crippen molar-refractivity contribution in [2.24, 2.45) is 9.39 Å². The maximum atomic E-state index is 12.0. The van der Waals surface area contributed by atoms with E-state index >= 15 is 0 Å². The second kappa shape index (κ2) is 5.53.